The molecule has 184 valence electrons. The fourth-order valence-corrected chi connectivity index (χ4v) is 6.26. The van der Waals surface area contributed by atoms with Gasteiger partial charge in [0.1, 0.15) is 0 Å². The Hall–Kier alpha value is -3.39. The number of hydrogen-bond donors (Lipinski definition) is 0. The lowest BCUT2D eigenvalue weighted by molar-refractivity contribution is -0.137. The zero-order chi connectivity index (χ0) is 25.0. The van der Waals surface area contributed by atoms with E-state index in [1.165, 1.54) is 4.90 Å². The zero-order valence-corrected chi connectivity index (χ0v) is 20.8. The largest absolute Gasteiger partial charge is 0.452 e. The molecule has 1 saturated heterocycles. The third kappa shape index (κ3) is 6.00. The Morgan fingerprint density at radius 2 is 1.63 bits per heavy atom. The first kappa shape index (κ1) is 24.7. The molecule has 1 amide bonds. The fourth-order valence-electron chi connectivity index (χ4n) is 4.53. The Bertz CT molecular complexity index is 1300. The molecule has 1 atom stereocenters. The van der Waals surface area contributed by atoms with Crippen LogP contribution in [-0.2, 0) is 32.5 Å². The van der Waals surface area contributed by atoms with E-state index >= 15 is 0 Å². The standard InChI is InChI=1S/C27H30N2O5S/c1-20-15-25(21(2)28(20)16-22-9-5-3-6-10-22)27(31)34-18-26(30)29(17-23-11-7-4-8-12-23)24-13-14-35(32,33)19-24/h3-12,15,24H,13-14,16-19H2,1-2H3/t24-/m0/s1. The molecule has 0 unspecified atom stereocenters. The second-order valence-corrected chi connectivity index (χ2v) is 11.2. The number of sulfone groups is 1. The maximum atomic E-state index is 13.1. The first-order chi connectivity index (χ1) is 16.7. The van der Waals surface area contributed by atoms with Gasteiger partial charge in [-0.05, 0) is 37.5 Å². The Kier molecular flexibility index (Phi) is 7.40. The highest BCUT2D eigenvalue weighted by Crippen LogP contribution is 2.22. The van der Waals surface area contributed by atoms with Crippen LogP contribution in [0.3, 0.4) is 0 Å². The highest BCUT2D eigenvalue weighted by molar-refractivity contribution is 7.91. The molecule has 35 heavy (non-hydrogen) atoms. The number of carbonyl (C=O) groups excluding carboxylic acids is 2. The van der Waals surface area contributed by atoms with E-state index in [1.54, 1.807) is 6.07 Å². The van der Waals surface area contributed by atoms with Crippen LogP contribution >= 0.6 is 0 Å². The highest BCUT2D eigenvalue weighted by Gasteiger charge is 2.35. The molecule has 2 heterocycles. The number of benzene rings is 2. The Balaban J connectivity index is 1.45. The molecule has 0 spiro atoms. The number of nitrogens with zero attached hydrogens (tertiary/aromatic N) is 2. The van der Waals surface area contributed by atoms with Crippen LogP contribution in [0, 0.1) is 13.8 Å². The lowest BCUT2D eigenvalue weighted by Gasteiger charge is -2.28. The van der Waals surface area contributed by atoms with Crippen molar-refractivity contribution >= 4 is 21.7 Å². The number of hydrogen-bond acceptors (Lipinski definition) is 5. The van der Waals surface area contributed by atoms with E-state index in [1.807, 2.05) is 79.1 Å². The number of ether oxygens (including phenoxy) is 1. The van der Waals surface area contributed by atoms with Gasteiger partial charge in [0.2, 0.25) is 0 Å². The Morgan fingerprint density at radius 1 is 1.00 bits per heavy atom. The van der Waals surface area contributed by atoms with Crippen LogP contribution in [0.2, 0.25) is 0 Å². The van der Waals surface area contributed by atoms with Crippen molar-refractivity contribution in [1.82, 2.24) is 9.47 Å². The first-order valence-electron chi connectivity index (χ1n) is 11.6. The monoisotopic (exact) mass is 494 g/mol. The number of amides is 1. The summed E-state index contributed by atoms with van der Waals surface area (Å²) < 4.78 is 31.6. The minimum atomic E-state index is -3.18. The maximum Gasteiger partial charge on any atom is 0.340 e. The normalized spacial score (nSPS) is 16.7. The second kappa shape index (κ2) is 10.5. The van der Waals surface area contributed by atoms with Gasteiger partial charge in [0.05, 0.1) is 17.1 Å². The molecule has 1 fully saturated rings. The van der Waals surface area contributed by atoms with Gasteiger partial charge in [-0.3, -0.25) is 4.79 Å². The molecule has 3 aromatic rings. The summed E-state index contributed by atoms with van der Waals surface area (Å²) in [5.41, 5.74) is 4.12. The number of rotatable bonds is 8. The van der Waals surface area contributed by atoms with Gasteiger partial charge in [0.15, 0.2) is 16.4 Å². The van der Waals surface area contributed by atoms with Crippen LogP contribution in [-0.4, -0.2) is 53.9 Å². The van der Waals surface area contributed by atoms with Crippen LogP contribution in [0.4, 0.5) is 0 Å². The van der Waals surface area contributed by atoms with Crippen molar-refractivity contribution in [1.29, 1.82) is 0 Å². The third-order valence-corrected chi connectivity index (χ3v) is 8.22. The summed E-state index contributed by atoms with van der Waals surface area (Å²) >= 11 is 0. The van der Waals surface area contributed by atoms with E-state index in [2.05, 4.69) is 0 Å². The summed E-state index contributed by atoms with van der Waals surface area (Å²) in [6, 6.07) is 20.7. The SMILES string of the molecule is Cc1cc(C(=O)OCC(=O)N(Cc2ccccc2)[C@H]2CCS(=O)(=O)C2)c(C)n1Cc1ccccc1. The average molecular weight is 495 g/mol. The van der Waals surface area contributed by atoms with E-state index in [9.17, 15) is 18.0 Å². The predicted molar refractivity (Wildman–Crippen MR) is 134 cm³/mol. The minimum Gasteiger partial charge on any atom is -0.452 e. The van der Waals surface area contributed by atoms with Crippen molar-refractivity contribution in [2.75, 3.05) is 18.1 Å². The van der Waals surface area contributed by atoms with E-state index in [-0.39, 0.29) is 18.1 Å². The van der Waals surface area contributed by atoms with Gasteiger partial charge in [0.25, 0.3) is 5.91 Å². The lowest BCUT2D eigenvalue weighted by Crippen LogP contribution is -2.42. The van der Waals surface area contributed by atoms with Gasteiger partial charge in [-0.1, -0.05) is 60.7 Å². The van der Waals surface area contributed by atoms with E-state index in [4.69, 9.17) is 4.74 Å². The van der Waals surface area contributed by atoms with Gasteiger partial charge in [-0.15, -0.1) is 0 Å². The summed E-state index contributed by atoms with van der Waals surface area (Å²) in [4.78, 5) is 27.6. The van der Waals surface area contributed by atoms with Gasteiger partial charge in [-0.25, -0.2) is 13.2 Å². The number of aryl methyl sites for hydroxylation is 1. The molecule has 1 aromatic heterocycles. The minimum absolute atomic E-state index is 0.0590. The van der Waals surface area contributed by atoms with E-state index in [0.29, 0.717) is 18.5 Å². The Labute approximate surface area is 206 Å². The van der Waals surface area contributed by atoms with Gasteiger partial charge >= 0.3 is 5.97 Å². The average Bonchev–Trinajstić information content (AvgIpc) is 3.35. The van der Waals surface area contributed by atoms with Crippen LogP contribution in [0.15, 0.2) is 66.7 Å². The van der Waals surface area contributed by atoms with Crippen molar-refractivity contribution in [3.05, 3.63) is 94.8 Å². The Morgan fingerprint density at radius 3 is 2.23 bits per heavy atom. The zero-order valence-electron chi connectivity index (χ0n) is 20.0. The van der Waals surface area contributed by atoms with Crippen LogP contribution in [0.1, 0.15) is 39.3 Å². The van der Waals surface area contributed by atoms with Crippen molar-refractivity contribution in [2.45, 2.75) is 39.4 Å². The summed E-state index contributed by atoms with van der Waals surface area (Å²) in [5.74, 6) is -0.976. The second-order valence-electron chi connectivity index (χ2n) is 9.00. The van der Waals surface area contributed by atoms with Crippen LogP contribution < -0.4 is 0 Å². The summed E-state index contributed by atoms with van der Waals surface area (Å²) in [7, 11) is -3.18. The van der Waals surface area contributed by atoms with Crippen molar-refractivity contribution < 1.29 is 22.7 Å². The van der Waals surface area contributed by atoms with Crippen molar-refractivity contribution in [3.63, 3.8) is 0 Å². The third-order valence-electron chi connectivity index (χ3n) is 6.47. The summed E-state index contributed by atoms with van der Waals surface area (Å²) in [6.07, 6.45) is 0.384. The summed E-state index contributed by atoms with van der Waals surface area (Å²) in [5, 5.41) is 0. The molecular formula is C27H30N2O5S. The van der Waals surface area contributed by atoms with Crippen molar-refractivity contribution in [2.24, 2.45) is 0 Å². The molecule has 1 aliphatic rings. The number of carbonyl (C=O) groups is 2. The molecule has 0 aliphatic carbocycles. The highest BCUT2D eigenvalue weighted by atomic mass is 32.2. The van der Waals surface area contributed by atoms with Crippen molar-refractivity contribution in [3.8, 4) is 0 Å². The molecule has 2 aromatic carbocycles. The van der Waals surface area contributed by atoms with Gasteiger partial charge in [-0.2, -0.15) is 0 Å². The van der Waals surface area contributed by atoms with Gasteiger partial charge in [0, 0.05) is 30.5 Å². The maximum absolute atomic E-state index is 13.1. The smallest absolute Gasteiger partial charge is 0.340 e. The topological polar surface area (TPSA) is 85.7 Å². The van der Waals surface area contributed by atoms with Crippen LogP contribution in [0.5, 0.6) is 0 Å². The fraction of sp³-hybridized carbons (Fsp3) is 0.333. The molecule has 8 heteroatoms. The first-order valence-corrected chi connectivity index (χ1v) is 13.5. The predicted octanol–water partition coefficient (Wildman–Crippen LogP) is 3.53. The summed E-state index contributed by atoms with van der Waals surface area (Å²) in [6.45, 7) is 4.25. The number of aromatic nitrogens is 1. The molecule has 0 bridgehead atoms. The number of esters is 1. The molecule has 0 N–H and O–H groups in total. The van der Waals surface area contributed by atoms with E-state index < -0.39 is 34.4 Å². The quantitative estimate of drug-likeness (QED) is 0.447. The molecule has 0 radical (unpaired) electrons. The molecular weight excluding hydrogens is 464 g/mol. The van der Waals surface area contributed by atoms with Gasteiger partial charge < -0.3 is 14.2 Å². The van der Waals surface area contributed by atoms with E-state index in [0.717, 1.165) is 22.5 Å². The lowest BCUT2D eigenvalue weighted by atomic mass is 10.1. The molecule has 4 rings (SSSR count). The van der Waals surface area contributed by atoms with Crippen LogP contribution in [0.25, 0.3) is 0 Å². The molecule has 0 saturated carbocycles. The molecule has 1 aliphatic heterocycles. The molecule has 7 nitrogen and oxygen atoms in total.